The first-order valence-electron chi connectivity index (χ1n) is 14.9. The van der Waals surface area contributed by atoms with Gasteiger partial charge in [0, 0.05) is 56.3 Å². The van der Waals surface area contributed by atoms with E-state index in [-0.39, 0.29) is 48.9 Å². The van der Waals surface area contributed by atoms with Crippen molar-refractivity contribution in [3.63, 3.8) is 0 Å². The number of Topliss-reactive ketones (excluding diaryl/α,β-unsaturated/α-hetero) is 3. The summed E-state index contributed by atoms with van der Waals surface area (Å²) in [5.74, 6) is -1.13. The SMILES string of the molecule is COc1ccc(CC(NC(=O)C(C)CC(=O)Cc2cnc(N(C)C)s2)C(=O)CC(CC2=CCCC2)C(=O)C2(C)CO2)cc1. The molecular formula is C33H43N3O6S. The number of carbonyl (C=O) groups is 4. The monoisotopic (exact) mass is 609 g/mol. The molecule has 0 spiro atoms. The van der Waals surface area contributed by atoms with Crippen LogP contribution in [0.5, 0.6) is 5.75 Å². The van der Waals surface area contributed by atoms with E-state index in [1.54, 1.807) is 27.2 Å². The number of amides is 1. The third-order valence-corrected chi connectivity index (χ3v) is 9.31. The summed E-state index contributed by atoms with van der Waals surface area (Å²) in [6.07, 6.45) is 7.92. The maximum absolute atomic E-state index is 13.9. The molecule has 2 heterocycles. The summed E-state index contributed by atoms with van der Waals surface area (Å²) in [5.41, 5.74) is 1.22. The van der Waals surface area contributed by atoms with E-state index >= 15 is 0 Å². The number of thiazole rings is 1. The second-order valence-corrected chi connectivity index (χ2v) is 13.2. The van der Waals surface area contributed by atoms with Crippen LogP contribution in [0.15, 0.2) is 42.1 Å². The molecule has 4 unspecified atom stereocenters. The molecule has 1 N–H and O–H groups in total. The van der Waals surface area contributed by atoms with E-state index in [1.807, 2.05) is 43.3 Å². The molecule has 4 atom stereocenters. The molecule has 1 aromatic heterocycles. The van der Waals surface area contributed by atoms with E-state index in [2.05, 4.69) is 16.4 Å². The zero-order chi connectivity index (χ0) is 31.1. The van der Waals surface area contributed by atoms with Gasteiger partial charge in [0.1, 0.15) is 17.1 Å². The summed E-state index contributed by atoms with van der Waals surface area (Å²) in [4.78, 5) is 60.5. The Morgan fingerprint density at radius 2 is 1.86 bits per heavy atom. The van der Waals surface area contributed by atoms with Crippen molar-refractivity contribution in [2.75, 3.05) is 32.7 Å². The summed E-state index contributed by atoms with van der Waals surface area (Å²) >= 11 is 1.45. The highest BCUT2D eigenvalue weighted by molar-refractivity contribution is 7.15. The van der Waals surface area contributed by atoms with Crippen molar-refractivity contribution in [3.8, 4) is 5.75 Å². The fourth-order valence-corrected chi connectivity index (χ4v) is 6.27. The molecule has 1 aliphatic heterocycles. The predicted octanol–water partition coefficient (Wildman–Crippen LogP) is 4.52. The highest BCUT2D eigenvalue weighted by Crippen LogP contribution is 2.35. The Morgan fingerprint density at radius 3 is 2.44 bits per heavy atom. The number of hydrogen-bond donors (Lipinski definition) is 1. The van der Waals surface area contributed by atoms with Gasteiger partial charge in [-0.1, -0.05) is 30.7 Å². The Kier molecular flexibility index (Phi) is 10.9. The van der Waals surface area contributed by atoms with E-state index in [0.717, 1.165) is 34.8 Å². The molecule has 1 amide bonds. The summed E-state index contributed by atoms with van der Waals surface area (Å²) in [6, 6.07) is 6.50. The maximum atomic E-state index is 13.9. The Balaban J connectivity index is 1.45. The van der Waals surface area contributed by atoms with Crippen molar-refractivity contribution >= 4 is 39.7 Å². The fourth-order valence-electron chi connectivity index (χ4n) is 5.41. The number of epoxide rings is 1. The van der Waals surface area contributed by atoms with Crippen molar-refractivity contribution in [2.45, 2.75) is 76.9 Å². The number of nitrogens with one attached hydrogen (secondary N) is 1. The van der Waals surface area contributed by atoms with E-state index in [4.69, 9.17) is 9.47 Å². The van der Waals surface area contributed by atoms with Crippen molar-refractivity contribution in [2.24, 2.45) is 11.8 Å². The van der Waals surface area contributed by atoms with E-state index < -0.39 is 23.5 Å². The molecule has 10 heteroatoms. The zero-order valence-electron chi connectivity index (χ0n) is 25.8. The fraction of sp³-hybridized carbons (Fsp3) is 0.545. The molecule has 1 saturated heterocycles. The number of benzene rings is 1. The number of allylic oxidation sites excluding steroid dienone is 2. The van der Waals surface area contributed by atoms with Crippen LogP contribution in [-0.4, -0.2) is 67.7 Å². The molecular weight excluding hydrogens is 566 g/mol. The lowest BCUT2D eigenvalue weighted by Crippen LogP contribution is -2.46. The zero-order valence-corrected chi connectivity index (χ0v) is 26.6. The first-order valence-corrected chi connectivity index (χ1v) is 15.7. The highest BCUT2D eigenvalue weighted by Gasteiger charge is 2.50. The Bertz CT molecular complexity index is 1340. The van der Waals surface area contributed by atoms with Gasteiger partial charge in [0.05, 0.1) is 19.8 Å². The van der Waals surface area contributed by atoms with E-state index in [1.165, 1.54) is 16.9 Å². The van der Waals surface area contributed by atoms with E-state index in [0.29, 0.717) is 18.8 Å². The number of hydrogen-bond acceptors (Lipinski definition) is 9. The number of aromatic nitrogens is 1. The summed E-state index contributed by atoms with van der Waals surface area (Å²) in [7, 11) is 5.37. The molecule has 43 heavy (non-hydrogen) atoms. The standard InChI is InChI=1S/C33H43N3O6S/c1-21(14-25(37)18-27-19-34-32(43-27)36(3)4)31(40)35-28(16-23-10-12-26(41-5)13-11-23)29(38)17-24(15-22-8-6-7-9-22)30(39)33(2)20-42-33/h8,10-13,19,21,24,28H,6-7,9,14-18,20H2,1-5H3,(H,35,40). The minimum Gasteiger partial charge on any atom is -0.497 e. The minimum absolute atomic E-state index is 0.0170. The van der Waals surface area contributed by atoms with Gasteiger partial charge >= 0.3 is 0 Å². The first-order chi connectivity index (χ1) is 20.5. The Labute approximate surface area is 258 Å². The van der Waals surface area contributed by atoms with Gasteiger partial charge in [0.25, 0.3) is 0 Å². The Hall–Kier alpha value is -3.37. The van der Waals surface area contributed by atoms with Gasteiger partial charge in [-0.15, -0.1) is 11.3 Å². The normalized spacial score (nSPS) is 19.6. The third kappa shape index (κ3) is 9.06. The number of rotatable bonds is 17. The second kappa shape index (κ2) is 14.4. The summed E-state index contributed by atoms with van der Waals surface area (Å²) in [6.45, 7) is 3.84. The first kappa shape index (κ1) is 32.5. The van der Waals surface area contributed by atoms with E-state index in [9.17, 15) is 19.2 Å². The van der Waals surface area contributed by atoms with Crippen molar-refractivity contribution in [3.05, 3.63) is 52.6 Å². The lowest BCUT2D eigenvalue weighted by atomic mass is 9.83. The van der Waals surface area contributed by atoms with Gasteiger partial charge in [-0.25, -0.2) is 4.98 Å². The molecule has 1 aromatic carbocycles. The second-order valence-electron chi connectivity index (χ2n) is 12.1. The molecule has 2 aromatic rings. The van der Waals surface area contributed by atoms with Crippen LogP contribution in [0.1, 0.15) is 62.8 Å². The molecule has 4 rings (SSSR count). The average Bonchev–Trinajstić information content (AvgIpc) is 3.32. The summed E-state index contributed by atoms with van der Waals surface area (Å²) in [5, 5.41) is 3.75. The summed E-state index contributed by atoms with van der Waals surface area (Å²) < 4.78 is 10.7. The number of nitrogens with zero attached hydrogens (tertiary/aromatic N) is 2. The number of ether oxygens (including phenoxy) is 2. The van der Waals surface area contributed by atoms with Gasteiger partial charge in [-0.2, -0.15) is 0 Å². The molecule has 1 fully saturated rings. The molecule has 232 valence electrons. The minimum atomic E-state index is -0.844. The quantitative estimate of drug-likeness (QED) is 0.206. The van der Waals surface area contributed by atoms with Crippen LogP contribution in [0.3, 0.4) is 0 Å². The van der Waals surface area contributed by atoms with Gasteiger partial charge in [0.15, 0.2) is 16.7 Å². The van der Waals surface area contributed by atoms with Crippen molar-refractivity contribution in [1.29, 1.82) is 0 Å². The third-order valence-electron chi connectivity index (χ3n) is 8.14. The smallest absolute Gasteiger partial charge is 0.223 e. The number of ketones is 3. The van der Waals surface area contributed by atoms with Crippen molar-refractivity contribution < 1.29 is 28.7 Å². The average molecular weight is 610 g/mol. The number of anilines is 1. The topological polar surface area (TPSA) is 118 Å². The van der Waals surface area contributed by atoms with Gasteiger partial charge in [-0.3, -0.25) is 19.2 Å². The number of methoxy groups -OCH3 is 1. The van der Waals surface area contributed by atoms with Crippen LogP contribution in [0.2, 0.25) is 0 Å². The van der Waals surface area contributed by atoms with Crippen molar-refractivity contribution in [1.82, 2.24) is 10.3 Å². The molecule has 2 aliphatic rings. The van der Waals surface area contributed by atoms with Crippen LogP contribution in [0.4, 0.5) is 5.13 Å². The molecule has 9 nitrogen and oxygen atoms in total. The molecule has 0 radical (unpaired) electrons. The number of carbonyl (C=O) groups excluding carboxylic acids is 4. The lowest BCUT2D eigenvalue weighted by molar-refractivity contribution is -0.134. The van der Waals surface area contributed by atoms with Crippen LogP contribution >= 0.6 is 11.3 Å². The maximum Gasteiger partial charge on any atom is 0.223 e. The Morgan fingerprint density at radius 1 is 1.14 bits per heavy atom. The van der Waals surface area contributed by atoms with Crippen LogP contribution in [0, 0.1) is 11.8 Å². The van der Waals surface area contributed by atoms with Gasteiger partial charge < -0.3 is 19.7 Å². The van der Waals surface area contributed by atoms with Crippen LogP contribution < -0.4 is 15.0 Å². The van der Waals surface area contributed by atoms with Crippen LogP contribution in [-0.2, 0) is 36.8 Å². The predicted molar refractivity (Wildman–Crippen MR) is 167 cm³/mol. The highest BCUT2D eigenvalue weighted by atomic mass is 32.1. The molecule has 1 aliphatic carbocycles. The van der Waals surface area contributed by atoms with Gasteiger partial charge in [-0.05, 0) is 56.7 Å². The molecule has 0 saturated carbocycles. The van der Waals surface area contributed by atoms with Crippen LogP contribution in [0.25, 0.3) is 0 Å². The van der Waals surface area contributed by atoms with Gasteiger partial charge in [0.2, 0.25) is 5.91 Å². The largest absolute Gasteiger partial charge is 0.497 e. The molecule has 0 bridgehead atoms. The lowest BCUT2D eigenvalue weighted by Gasteiger charge is -2.24.